The van der Waals surface area contributed by atoms with Gasteiger partial charge in [-0.15, -0.1) is 11.8 Å². The fraction of sp³-hybridized carbons (Fsp3) is 0.933. The van der Waals surface area contributed by atoms with Crippen LogP contribution >= 0.6 is 11.8 Å². The zero-order valence-corrected chi connectivity index (χ0v) is 12.7. The van der Waals surface area contributed by atoms with Crippen LogP contribution in [0.5, 0.6) is 0 Å². The first kappa shape index (κ1) is 12.5. The van der Waals surface area contributed by atoms with Crippen molar-refractivity contribution >= 4 is 17.7 Å². The van der Waals surface area contributed by atoms with Crippen LogP contribution in [0.4, 0.5) is 0 Å². The van der Waals surface area contributed by atoms with E-state index in [1.807, 2.05) is 0 Å². The number of piperidine rings is 2. The number of fused-ring (bicyclic) bond motifs is 1. The molecule has 1 spiro atoms. The molecule has 0 unspecified atom stereocenters. The molecule has 0 aromatic carbocycles. The Balaban J connectivity index is 1.84. The highest BCUT2D eigenvalue weighted by atomic mass is 32.2. The van der Waals surface area contributed by atoms with E-state index >= 15 is 0 Å². The summed E-state index contributed by atoms with van der Waals surface area (Å²) in [5, 5.41) is 0. The predicted octanol–water partition coefficient (Wildman–Crippen LogP) is 2.99. The lowest BCUT2D eigenvalue weighted by Crippen LogP contribution is -2.66. The molecule has 3 nitrogen and oxygen atoms in total. The van der Waals surface area contributed by atoms with Gasteiger partial charge in [0.25, 0.3) is 5.91 Å². The number of amides is 1. The first-order chi connectivity index (χ1) is 9.08. The highest BCUT2D eigenvalue weighted by Gasteiger charge is 2.77. The number of hydrogen-bond donors (Lipinski definition) is 0. The van der Waals surface area contributed by atoms with E-state index in [1.54, 1.807) is 11.8 Å². The van der Waals surface area contributed by atoms with Crippen LogP contribution in [0.25, 0.3) is 0 Å². The molecule has 3 aliphatic heterocycles. The maximum absolute atomic E-state index is 12.9. The summed E-state index contributed by atoms with van der Waals surface area (Å²) in [6.07, 6.45) is 7.09. The van der Waals surface area contributed by atoms with Crippen LogP contribution in [-0.2, 0) is 9.53 Å². The Morgan fingerprint density at radius 1 is 1.42 bits per heavy atom. The summed E-state index contributed by atoms with van der Waals surface area (Å²) >= 11 is 1.73. The number of thioether (sulfide) groups is 1. The average molecular weight is 281 g/mol. The lowest BCUT2D eigenvalue weighted by Gasteiger charge is -2.58. The van der Waals surface area contributed by atoms with Crippen molar-refractivity contribution in [2.75, 3.05) is 12.3 Å². The Kier molecular flexibility index (Phi) is 2.44. The van der Waals surface area contributed by atoms with Crippen LogP contribution in [0.2, 0.25) is 0 Å². The highest BCUT2D eigenvalue weighted by Crippen LogP contribution is 2.69. The summed E-state index contributed by atoms with van der Waals surface area (Å²) in [7, 11) is 0. The van der Waals surface area contributed by atoms with Crippen molar-refractivity contribution < 1.29 is 9.53 Å². The van der Waals surface area contributed by atoms with Gasteiger partial charge in [-0.05, 0) is 31.4 Å². The van der Waals surface area contributed by atoms with Gasteiger partial charge in [0.15, 0.2) is 10.7 Å². The van der Waals surface area contributed by atoms with E-state index in [2.05, 4.69) is 18.7 Å². The minimum atomic E-state index is -0.532. The lowest BCUT2D eigenvalue weighted by atomic mass is 9.58. The number of ether oxygens (including phenoxy) is 1. The number of hydrogen-bond acceptors (Lipinski definition) is 3. The number of rotatable bonds is 2. The molecule has 4 heteroatoms. The molecule has 19 heavy (non-hydrogen) atoms. The van der Waals surface area contributed by atoms with Gasteiger partial charge >= 0.3 is 0 Å². The van der Waals surface area contributed by atoms with E-state index in [0.29, 0.717) is 5.92 Å². The van der Waals surface area contributed by atoms with Crippen LogP contribution < -0.4 is 0 Å². The molecule has 4 fully saturated rings. The molecule has 2 bridgehead atoms. The smallest absolute Gasteiger partial charge is 0.267 e. The number of carbonyl (C=O) groups excluding carboxylic acids is 1. The van der Waals surface area contributed by atoms with Gasteiger partial charge < -0.3 is 9.64 Å². The molecule has 0 radical (unpaired) electrons. The molecule has 3 heterocycles. The molecule has 1 aliphatic carbocycles. The summed E-state index contributed by atoms with van der Waals surface area (Å²) in [5.41, 5.74) is -0.0564. The number of nitrogens with zero attached hydrogens (tertiary/aromatic N) is 1. The molecule has 4 rings (SSSR count). The van der Waals surface area contributed by atoms with E-state index in [9.17, 15) is 4.79 Å². The van der Waals surface area contributed by atoms with Crippen molar-refractivity contribution in [3.63, 3.8) is 0 Å². The largest absolute Gasteiger partial charge is 0.328 e. The normalized spacial score (nSPS) is 51.6. The fourth-order valence-electron chi connectivity index (χ4n) is 5.34. The van der Waals surface area contributed by atoms with Crippen molar-refractivity contribution in [3.05, 3.63) is 0 Å². The molecule has 1 saturated carbocycles. The fourth-order valence-corrected chi connectivity index (χ4v) is 6.55. The minimum Gasteiger partial charge on any atom is -0.328 e. The topological polar surface area (TPSA) is 29.5 Å². The predicted molar refractivity (Wildman–Crippen MR) is 75.7 cm³/mol. The van der Waals surface area contributed by atoms with Crippen LogP contribution in [-0.4, -0.2) is 33.8 Å². The number of carbonyl (C=O) groups is 1. The van der Waals surface area contributed by atoms with Crippen molar-refractivity contribution in [2.24, 2.45) is 11.3 Å². The quantitative estimate of drug-likeness (QED) is 0.779. The third kappa shape index (κ3) is 1.24. The maximum atomic E-state index is 12.9. The second-order valence-corrected chi connectivity index (χ2v) is 8.42. The van der Waals surface area contributed by atoms with Gasteiger partial charge in [-0.25, -0.2) is 0 Å². The molecule has 1 amide bonds. The molecule has 4 aliphatic rings. The summed E-state index contributed by atoms with van der Waals surface area (Å²) in [4.78, 5) is 14.5. The molecule has 4 atom stereocenters. The zero-order valence-electron chi connectivity index (χ0n) is 11.9. The van der Waals surface area contributed by atoms with Gasteiger partial charge in [-0.3, -0.25) is 4.79 Å². The van der Waals surface area contributed by atoms with Gasteiger partial charge in [0.2, 0.25) is 0 Å². The summed E-state index contributed by atoms with van der Waals surface area (Å²) in [6, 6.07) is 0. The van der Waals surface area contributed by atoms with Crippen LogP contribution in [0.3, 0.4) is 0 Å². The summed E-state index contributed by atoms with van der Waals surface area (Å²) in [6.45, 7) is 5.42. The van der Waals surface area contributed by atoms with Crippen molar-refractivity contribution in [3.8, 4) is 0 Å². The molecule has 106 valence electrons. The second-order valence-electron chi connectivity index (χ2n) is 6.90. The Morgan fingerprint density at radius 2 is 2.21 bits per heavy atom. The van der Waals surface area contributed by atoms with Crippen LogP contribution in [0, 0.1) is 11.3 Å². The van der Waals surface area contributed by atoms with E-state index in [4.69, 9.17) is 4.74 Å². The van der Waals surface area contributed by atoms with Crippen LogP contribution in [0.15, 0.2) is 0 Å². The monoisotopic (exact) mass is 281 g/mol. The summed E-state index contributed by atoms with van der Waals surface area (Å²) in [5.74, 6) is 1.81. The molecule has 0 aromatic rings. The average Bonchev–Trinajstić information content (AvgIpc) is 2.82. The summed E-state index contributed by atoms with van der Waals surface area (Å²) < 4.78 is 6.61. The highest BCUT2D eigenvalue weighted by molar-refractivity contribution is 8.01. The molecule has 3 saturated heterocycles. The molecule has 0 N–H and O–H groups in total. The molecular weight excluding hydrogens is 258 g/mol. The molecule has 0 aromatic heterocycles. The second kappa shape index (κ2) is 3.70. The van der Waals surface area contributed by atoms with E-state index in [-0.39, 0.29) is 17.0 Å². The van der Waals surface area contributed by atoms with Gasteiger partial charge in [0.05, 0.1) is 0 Å². The van der Waals surface area contributed by atoms with Crippen molar-refractivity contribution in [1.29, 1.82) is 0 Å². The van der Waals surface area contributed by atoms with E-state index < -0.39 is 4.93 Å². The minimum absolute atomic E-state index is 0.191. The van der Waals surface area contributed by atoms with Crippen molar-refractivity contribution in [1.82, 2.24) is 4.90 Å². The first-order valence-electron chi connectivity index (χ1n) is 7.74. The Bertz CT molecular complexity index is 438. The van der Waals surface area contributed by atoms with Crippen molar-refractivity contribution in [2.45, 2.75) is 63.0 Å². The third-order valence-corrected chi connectivity index (χ3v) is 7.17. The van der Waals surface area contributed by atoms with Gasteiger partial charge in [-0.2, -0.15) is 0 Å². The maximum Gasteiger partial charge on any atom is 0.267 e. The SMILES string of the molecule is CCS[C@]12C[C@H]3CCC[C@]4(C)CCCN(C1=O)[C@]34O2. The lowest BCUT2D eigenvalue weighted by molar-refractivity contribution is -0.221. The van der Waals surface area contributed by atoms with Gasteiger partial charge in [-0.1, -0.05) is 20.3 Å². The zero-order chi connectivity index (χ0) is 13.3. The Labute approximate surface area is 119 Å². The first-order valence-corrected chi connectivity index (χ1v) is 8.73. The van der Waals surface area contributed by atoms with Gasteiger partial charge in [0, 0.05) is 24.3 Å². The van der Waals surface area contributed by atoms with Crippen LogP contribution in [0.1, 0.15) is 52.4 Å². The van der Waals surface area contributed by atoms with Gasteiger partial charge in [0.1, 0.15) is 0 Å². The Morgan fingerprint density at radius 3 is 3.00 bits per heavy atom. The Hall–Kier alpha value is -0.220. The standard InChI is InChI=1S/C15H23NO2S/c1-3-19-14-10-11-6-4-7-13(2)8-5-9-16(12(14)17)15(11,13)18-14/h11H,3-10H2,1-2H3/t11-,13-,14-,15+/m1/s1. The molecular formula is C15H23NO2S. The van der Waals surface area contributed by atoms with E-state index in [1.165, 1.54) is 25.7 Å². The third-order valence-electron chi connectivity index (χ3n) is 5.99. The van der Waals surface area contributed by atoms with E-state index in [0.717, 1.165) is 25.1 Å².